The fourth-order valence-electron chi connectivity index (χ4n) is 3.08. The summed E-state index contributed by atoms with van der Waals surface area (Å²) >= 11 is 0. The Morgan fingerprint density at radius 1 is 1.14 bits per heavy atom. The molecule has 2 atom stereocenters. The van der Waals surface area contributed by atoms with Crippen molar-refractivity contribution in [2.24, 2.45) is 5.92 Å². The molecule has 1 amide bonds. The van der Waals surface area contributed by atoms with E-state index < -0.39 is 18.1 Å². The van der Waals surface area contributed by atoms with Crippen LogP contribution in [0.4, 0.5) is 4.79 Å². The van der Waals surface area contributed by atoms with Crippen molar-refractivity contribution in [3.8, 4) is 0 Å². The van der Waals surface area contributed by atoms with Gasteiger partial charge >= 0.3 is 12.1 Å². The number of nitrogens with zero attached hydrogens (tertiary/aromatic N) is 1. The second-order valence-electron chi connectivity index (χ2n) is 5.78. The fraction of sp³-hybridized carbons (Fsp3) is 0.500. The van der Waals surface area contributed by atoms with E-state index in [1.54, 1.807) is 0 Å². The number of aliphatic carboxylic acids is 1. The Balaban J connectivity index is 1.66. The monoisotopic (exact) mass is 289 g/mol. The van der Waals surface area contributed by atoms with E-state index in [1.807, 2.05) is 30.3 Å². The number of rotatable bonds is 4. The van der Waals surface area contributed by atoms with Crippen molar-refractivity contribution in [3.05, 3.63) is 35.9 Å². The third-order valence-electron chi connectivity index (χ3n) is 4.30. The second kappa shape index (κ2) is 5.76. The molecule has 0 bridgehead atoms. The number of benzene rings is 1. The Labute approximate surface area is 123 Å². The molecule has 2 fully saturated rings. The van der Waals surface area contributed by atoms with Crippen molar-refractivity contribution < 1.29 is 19.4 Å². The maximum absolute atomic E-state index is 12.3. The Kier molecular flexibility index (Phi) is 3.82. The normalized spacial score (nSPS) is 24.9. The number of ether oxygens (including phenoxy) is 1. The first kappa shape index (κ1) is 13.9. The van der Waals surface area contributed by atoms with Gasteiger partial charge in [0.05, 0.1) is 0 Å². The number of hydrogen-bond donors (Lipinski definition) is 1. The average Bonchev–Trinajstić information content (AvgIpc) is 3.24. The first-order valence-corrected chi connectivity index (χ1v) is 7.38. The number of carbonyl (C=O) groups is 2. The topological polar surface area (TPSA) is 66.8 Å². The van der Waals surface area contributed by atoms with Crippen LogP contribution in [0.2, 0.25) is 0 Å². The van der Waals surface area contributed by atoms with Gasteiger partial charge in [-0.2, -0.15) is 0 Å². The van der Waals surface area contributed by atoms with Gasteiger partial charge in [-0.05, 0) is 37.2 Å². The first-order valence-electron chi connectivity index (χ1n) is 7.38. The van der Waals surface area contributed by atoms with Gasteiger partial charge in [0.15, 0.2) is 0 Å². The zero-order valence-corrected chi connectivity index (χ0v) is 11.8. The van der Waals surface area contributed by atoms with Gasteiger partial charge < -0.3 is 9.84 Å². The smallest absolute Gasteiger partial charge is 0.411 e. The molecule has 0 radical (unpaired) electrons. The summed E-state index contributed by atoms with van der Waals surface area (Å²) in [5.41, 5.74) is 0.903. The molecule has 5 heteroatoms. The molecule has 1 N–H and O–H groups in total. The van der Waals surface area contributed by atoms with Gasteiger partial charge in [0.2, 0.25) is 0 Å². The lowest BCUT2D eigenvalue weighted by atomic mass is 10.1. The summed E-state index contributed by atoms with van der Waals surface area (Å²) in [6.45, 7) is 0.180. The number of carboxylic acids is 1. The summed E-state index contributed by atoms with van der Waals surface area (Å²) in [6, 6.07) is 8.72. The second-order valence-corrected chi connectivity index (χ2v) is 5.78. The predicted octanol–water partition coefficient (Wildman–Crippen LogP) is 2.65. The van der Waals surface area contributed by atoms with Crippen LogP contribution in [0.5, 0.6) is 0 Å². The van der Waals surface area contributed by atoms with Crippen LogP contribution in [0, 0.1) is 5.92 Å². The van der Waals surface area contributed by atoms with E-state index in [0.29, 0.717) is 12.3 Å². The molecule has 5 nitrogen and oxygen atoms in total. The number of hydrogen-bond acceptors (Lipinski definition) is 3. The van der Waals surface area contributed by atoms with Gasteiger partial charge in [-0.25, -0.2) is 9.59 Å². The fourth-order valence-corrected chi connectivity index (χ4v) is 3.08. The Morgan fingerprint density at radius 3 is 2.48 bits per heavy atom. The molecule has 1 saturated carbocycles. The van der Waals surface area contributed by atoms with Crippen molar-refractivity contribution in [1.29, 1.82) is 0 Å². The van der Waals surface area contributed by atoms with Crippen molar-refractivity contribution in [1.82, 2.24) is 4.90 Å². The quantitative estimate of drug-likeness (QED) is 0.925. The van der Waals surface area contributed by atoms with Gasteiger partial charge in [-0.15, -0.1) is 0 Å². The Hall–Kier alpha value is -2.04. The maximum Gasteiger partial charge on any atom is 0.411 e. The van der Waals surface area contributed by atoms with Crippen LogP contribution < -0.4 is 0 Å². The number of amides is 1. The summed E-state index contributed by atoms with van der Waals surface area (Å²) in [4.78, 5) is 25.1. The van der Waals surface area contributed by atoms with Gasteiger partial charge in [-0.1, -0.05) is 30.3 Å². The molecule has 1 aliphatic carbocycles. The molecule has 1 aliphatic heterocycles. The molecule has 1 heterocycles. The summed E-state index contributed by atoms with van der Waals surface area (Å²) in [7, 11) is 0. The maximum atomic E-state index is 12.3. The van der Waals surface area contributed by atoms with Crippen molar-refractivity contribution in [2.45, 2.75) is 44.4 Å². The molecular weight excluding hydrogens is 270 g/mol. The zero-order valence-electron chi connectivity index (χ0n) is 11.8. The number of likely N-dealkylation sites (tertiary alicyclic amines) is 1. The molecular formula is C16H19NO4. The summed E-state index contributed by atoms with van der Waals surface area (Å²) < 4.78 is 5.32. The highest BCUT2D eigenvalue weighted by molar-refractivity contribution is 5.81. The highest BCUT2D eigenvalue weighted by Gasteiger charge is 2.48. The lowest BCUT2D eigenvalue weighted by molar-refractivity contribution is -0.142. The van der Waals surface area contributed by atoms with E-state index in [4.69, 9.17) is 4.74 Å². The van der Waals surface area contributed by atoms with Crippen LogP contribution in [-0.2, 0) is 16.1 Å². The van der Waals surface area contributed by atoms with Gasteiger partial charge in [-0.3, -0.25) is 4.90 Å². The van der Waals surface area contributed by atoms with Crippen LogP contribution >= 0.6 is 0 Å². The molecule has 1 aromatic rings. The molecule has 112 valence electrons. The molecule has 2 aliphatic rings. The summed E-state index contributed by atoms with van der Waals surface area (Å²) in [5.74, 6) is -0.478. The van der Waals surface area contributed by atoms with Crippen LogP contribution in [0.15, 0.2) is 30.3 Å². The average molecular weight is 289 g/mol. The molecule has 0 spiro atoms. The van der Waals surface area contributed by atoms with E-state index in [0.717, 1.165) is 24.8 Å². The minimum atomic E-state index is -0.935. The molecule has 1 aromatic carbocycles. The molecule has 0 unspecified atom stereocenters. The van der Waals surface area contributed by atoms with Crippen molar-refractivity contribution in [3.63, 3.8) is 0 Å². The summed E-state index contributed by atoms with van der Waals surface area (Å²) in [6.07, 6.45) is 2.96. The van der Waals surface area contributed by atoms with Crippen molar-refractivity contribution in [2.75, 3.05) is 0 Å². The molecule has 3 rings (SSSR count). The molecule has 21 heavy (non-hydrogen) atoms. The van der Waals surface area contributed by atoms with Gasteiger partial charge in [0, 0.05) is 6.04 Å². The molecule has 0 aromatic heterocycles. The molecule has 1 saturated heterocycles. The first-order chi connectivity index (χ1) is 10.2. The highest BCUT2D eigenvalue weighted by Crippen LogP contribution is 2.42. The highest BCUT2D eigenvalue weighted by atomic mass is 16.6. The standard InChI is InChI=1S/C16H19NO4/c18-15(19)14-9-8-13(12-6-7-12)17(14)16(20)21-10-11-4-2-1-3-5-11/h1-5,12-14H,6-10H2,(H,18,19)/t13-,14-/m0/s1. The Bertz CT molecular complexity index is 526. The SMILES string of the molecule is O=C(O)[C@@H]1CC[C@@H](C2CC2)N1C(=O)OCc1ccccc1. The van der Waals surface area contributed by atoms with E-state index in [9.17, 15) is 14.7 Å². The lowest BCUT2D eigenvalue weighted by Gasteiger charge is -2.27. The van der Waals surface area contributed by atoms with Crippen LogP contribution in [0.25, 0.3) is 0 Å². The minimum Gasteiger partial charge on any atom is -0.480 e. The Morgan fingerprint density at radius 2 is 1.86 bits per heavy atom. The third-order valence-corrected chi connectivity index (χ3v) is 4.30. The minimum absolute atomic E-state index is 0.0365. The van der Waals surface area contributed by atoms with E-state index >= 15 is 0 Å². The predicted molar refractivity (Wildman–Crippen MR) is 75.6 cm³/mol. The lowest BCUT2D eigenvalue weighted by Crippen LogP contribution is -2.45. The van der Waals surface area contributed by atoms with Crippen LogP contribution in [-0.4, -0.2) is 34.2 Å². The van der Waals surface area contributed by atoms with E-state index in [1.165, 1.54) is 4.90 Å². The zero-order chi connectivity index (χ0) is 14.8. The van der Waals surface area contributed by atoms with Crippen molar-refractivity contribution >= 4 is 12.1 Å². The van der Waals surface area contributed by atoms with Gasteiger partial charge in [0.1, 0.15) is 12.6 Å². The van der Waals surface area contributed by atoms with E-state index in [2.05, 4.69) is 0 Å². The largest absolute Gasteiger partial charge is 0.480 e. The number of carboxylic acid groups (broad SMARTS) is 1. The van der Waals surface area contributed by atoms with Crippen LogP contribution in [0.1, 0.15) is 31.2 Å². The van der Waals surface area contributed by atoms with Gasteiger partial charge in [0.25, 0.3) is 0 Å². The summed E-state index contributed by atoms with van der Waals surface area (Å²) in [5, 5.41) is 9.29. The third kappa shape index (κ3) is 3.01. The van der Waals surface area contributed by atoms with E-state index in [-0.39, 0.29) is 12.6 Å². The number of carbonyl (C=O) groups excluding carboxylic acids is 1. The van der Waals surface area contributed by atoms with Crippen LogP contribution in [0.3, 0.4) is 0 Å².